The van der Waals surface area contributed by atoms with E-state index in [4.69, 9.17) is 10.5 Å². The normalized spacial score (nSPS) is 11.2. The summed E-state index contributed by atoms with van der Waals surface area (Å²) in [5.74, 6) is 0.947. The molecular formula is C13H29NO. The van der Waals surface area contributed by atoms with E-state index in [9.17, 15) is 0 Å². The molecule has 0 rings (SSSR count). The van der Waals surface area contributed by atoms with E-state index in [1.807, 2.05) is 0 Å². The largest absolute Gasteiger partial charge is 0.381 e. The second-order valence-electron chi connectivity index (χ2n) is 4.29. The minimum absolute atomic E-state index is 0.745. The molecule has 0 bridgehead atoms. The van der Waals surface area contributed by atoms with E-state index in [2.05, 4.69) is 13.8 Å². The first-order valence-electron chi connectivity index (χ1n) is 6.62. The van der Waals surface area contributed by atoms with Crippen LogP contribution in [0.15, 0.2) is 0 Å². The number of rotatable bonds is 11. The third kappa shape index (κ3) is 10.2. The van der Waals surface area contributed by atoms with Gasteiger partial charge < -0.3 is 10.5 Å². The molecule has 0 heterocycles. The van der Waals surface area contributed by atoms with Crippen LogP contribution in [0.5, 0.6) is 0 Å². The van der Waals surface area contributed by atoms with Gasteiger partial charge in [-0.2, -0.15) is 0 Å². The summed E-state index contributed by atoms with van der Waals surface area (Å²) in [7, 11) is 0. The maximum Gasteiger partial charge on any atom is 0.0478 e. The lowest BCUT2D eigenvalue weighted by Gasteiger charge is -2.11. The predicted octanol–water partition coefficient (Wildman–Crippen LogP) is 3.35. The van der Waals surface area contributed by atoms with Crippen molar-refractivity contribution in [3.63, 3.8) is 0 Å². The smallest absolute Gasteiger partial charge is 0.0478 e. The van der Waals surface area contributed by atoms with Crippen molar-refractivity contribution < 1.29 is 4.74 Å². The molecule has 15 heavy (non-hydrogen) atoms. The quantitative estimate of drug-likeness (QED) is 0.536. The van der Waals surface area contributed by atoms with Gasteiger partial charge >= 0.3 is 0 Å². The van der Waals surface area contributed by atoms with Gasteiger partial charge in [-0.1, -0.05) is 46.0 Å². The van der Waals surface area contributed by atoms with E-state index in [1.165, 1.54) is 38.5 Å². The van der Waals surface area contributed by atoms with Crippen LogP contribution in [0.25, 0.3) is 0 Å². The second-order valence-corrected chi connectivity index (χ2v) is 4.29. The molecule has 2 heteroatoms. The Morgan fingerprint density at radius 3 is 2.20 bits per heavy atom. The molecule has 0 spiro atoms. The molecule has 0 atom stereocenters. The van der Waals surface area contributed by atoms with Crippen molar-refractivity contribution in [1.82, 2.24) is 0 Å². The first kappa shape index (κ1) is 14.9. The van der Waals surface area contributed by atoms with Gasteiger partial charge in [-0.15, -0.1) is 0 Å². The molecule has 2 N–H and O–H groups in total. The standard InChI is InChI=1S/C13H29NO/c1-3-13(4-2)9-6-5-7-11-15-12-8-10-14/h13H,3-12,14H2,1-2H3. The summed E-state index contributed by atoms with van der Waals surface area (Å²) >= 11 is 0. The molecule has 0 aliphatic heterocycles. The van der Waals surface area contributed by atoms with Crippen LogP contribution >= 0.6 is 0 Å². The first-order chi connectivity index (χ1) is 7.35. The van der Waals surface area contributed by atoms with Crippen LogP contribution in [0.4, 0.5) is 0 Å². The average molecular weight is 215 g/mol. The van der Waals surface area contributed by atoms with Crippen molar-refractivity contribution >= 4 is 0 Å². The van der Waals surface area contributed by atoms with E-state index in [1.54, 1.807) is 0 Å². The fourth-order valence-electron chi connectivity index (χ4n) is 1.80. The fourth-order valence-corrected chi connectivity index (χ4v) is 1.80. The van der Waals surface area contributed by atoms with E-state index in [-0.39, 0.29) is 0 Å². The molecule has 0 aromatic heterocycles. The molecule has 0 aromatic carbocycles. The van der Waals surface area contributed by atoms with E-state index in [0.29, 0.717) is 0 Å². The van der Waals surface area contributed by atoms with Gasteiger partial charge in [0.2, 0.25) is 0 Å². The molecule has 0 aliphatic rings. The molecule has 0 amide bonds. The highest BCUT2D eigenvalue weighted by Crippen LogP contribution is 2.16. The summed E-state index contributed by atoms with van der Waals surface area (Å²) in [6.07, 6.45) is 8.97. The van der Waals surface area contributed by atoms with Crippen molar-refractivity contribution in [2.24, 2.45) is 11.7 Å². The molecule has 0 radical (unpaired) electrons. The Labute approximate surface area is 95.6 Å². The Kier molecular flexibility index (Phi) is 11.9. The van der Waals surface area contributed by atoms with Gasteiger partial charge in [0.05, 0.1) is 0 Å². The first-order valence-corrected chi connectivity index (χ1v) is 6.62. The molecule has 0 saturated heterocycles. The van der Waals surface area contributed by atoms with Gasteiger partial charge in [-0.25, -0.2) is 0 Å². The van der Waals surface area contributed by atoms with Crippen molar-refractivity contribution in [2.45, 2.75) is 58.8 Å². The number of unbranched alkanes of at least 4 members (excludes halogenated alkanes) is 2. The van der Waals surface area contributed by atoms with Crippen LogP contribution in [0.2, 0.25) is 0 Å². The zero-order chi connectivity index (χ0) is 11.4. The van der Waals surface area contributed by atoms with Crippen LogP contribution in [-0.2, 0) is 4.74 Å². The predicted molar refractivity (Wildman–Crippen MR) is 67.0 cm³/mol. The van der Waals surface area contributed by atoms with Gasteiger partial charge in [-0.05, 0) is 25.3 Å². The lowest BCUT2D eigenvalue weighted by atomic mass is 9.96. The van der Waals surface area contributed by atoms with Crippen LogP contribution in [0.1, 0.15) is 58.8 Å². The molecule has 0 aliphatic carbocycles. The SMILES string of the molecule is CCC(CC)CCCCCOCCCN. The van der Waals surface area contributed by atoms with Gasteiger partial charge in [0.25, 0.3) is 0 Å². The lowest BCUT2D eigenvalue weighted by molar-refractivity contribution is 0.128. The van der Waals surface area contributed by atoms with Crippen LogP contribution < -0.4 is 5.73 Å². The van der Waals surface area contributed by atoms with Gasteiger partial charge in [0.1, 0.15) is 0 Å². The summed E-state index contributed by atoms with van der Waals surface area (Å²) in [6, 6.07) is 0. The fraction of sp³-hybridized carbons (Fsp3) is 1.00. The molecule has 0 saturated carbocycles. The van der Waals surface area contributed by atoms with E-state index in [0.717, 1.165) is 32.1 Å². The van der Waals surface area contributed by atoms with Crippen LogP contribution in [-0.4, -0.2) is 19.8 Å². The maximum absolute atomic E-state index is 5.45. The lowest BCUT2D eigenvalue weighted by Crippen LogP contribution is -2.05. The summed E-state index contributed by atoms with van der Waals surface area (Å²) in [6.45, 7) is 7.09. The monoisotopic (exact) mass is 215 g/mol. The molecule has 92 valence electrons. The Balaban J connectivity index is 3.04. The average Bonchev–Trinajstić information content (AvgIpc) is 2.27. The number of ether oxygens (including phenoxy) is 1. The highest BCUT2D eigenvalue weighted by Gasteiger charge is 2.01. The number of hydrogen-bond donors (Lipinski definition) is 1. The minimum Gasteiger partial charge on any atom is -0.381 e. The summed E-state index contributed by atoms with van der Waals surface area (Å²) in [5.41, 5.74) is 5.37. The van der Waals surface area contributed by atoms with Crippen molar-refractivity contribution in [2.75, 3.05) is 19.8 Å². The molecule has 0 fully saturated rings. The van der Waals surface area contributed by atoms with Crippen molar-refractivity contribution in [1.29, 1.82) is 0 Å². The minimum atomic E-state index is 0.745. The maximum atomic E-state index is 5.45. The molecule has 0 aromatic rings. The molecule has 0 unspecified atom stereocenters. The van der Waals surface area contributed by atoms with E-state index >= 15 is 0 Å². The summed E-state index contributed by atoms with van der Waals surface area (Å²) in [5, 5.41) is 0. The summed E-state index contributed by atoms with van der Waals surface area (Å²) < 4.78 is 5.45. The third-order valence-corrected chi connectivity index (χ3v) is 3.05. The molecule has 2 nitrogen and oxygen atoms in total. The zero-order valence-electron chi connectivity index (χ0n) is 10.6. The Morgan fingerprint density at radius 1 is 0.933 bits per heavy atom. The molecular weight excluding hydrogens is 186 g/mol. The van der Waals surface area contributed by atoms with Crippen molar-refractivity contribution in [3.05, 3.63) is 0 Å². The Hall–Kier alpha value is -0.0800. The zero-order valence-corrected chi connectivity index (χ0v) is 10.6. The van der Waals surface area contributed by atoms with Crippen molar-refractivity contribution in [3.8, 4) is 0 Å². The summed E-state index contributed by atoms with van der Waals surface area (Å²) in [4.78, 5) is 0. The topological polar surface area (TPSA) is 35.2 Å². The highest BCUT2D eigenvalue weighted by molar-refractivity contribution is 4.55. The van der Waals surface area contributed by atoms with Gasteiger partial charge in [0.15, 0.2) is 0 Å². The number of nitrogens with two attached hydrogens (primary N) is 1. The van der Waals surface area contributed by atoms with Crippen LogP contribution in [0, 0.1) is 5.92 Å². The second kappa shape index (κ2) is 12.0. The van der Waals surface area contributed by atoms with Gasteiger partial charge in [-0.3, -0.25) is 0 Å². The Bertz CT molecular complexity index is 113. The Morgan fingerprint density at radius 2 is 1.60 bits per heavy atom. The third-order valence-electron chi connectivity index (χ3n) is 3.05. The van der Waals surface area contributed by atoms with Gasteiger partial charge in [0, 0.05) is 13.2 Å². The van der Waals surface area contributed by atoms with E-state index < -0.39 is 0 Å². The number of hydrogen-bond acceptors (Lipinski definition) is 2. The highest BCUT2D eigenvalue weighted by atomic mass is 16.5. The van der Waals surface area contributed by atoms with Crippen LogP contribution in [0.3, 0.4) is 0 Å².